The molecule has 4 N–H and O–H groups in total. The SMILES string of the molecule is CSCCNC(=O)c1cc(Br)cnc1NN. The van der Waals surface area contributed by atoms with Crippen molar-refractivity contribution in [2.24, 2.45) is 5.84 Å². The Morgan fingerprint density at radius 3 is 3.06 bits per heavy atom. The summed E-state index contributed by atoms with van der Waals surface area (Å²) in [5.41, 5.74) is 2.82. The predicted molar refractivity (Wildman–Crippen MR) is 70.5 cm³/mol. The molecule has 1 amide bonds. The van der Waals surface area contributed by atoms with E-state index >= 15 is 0 Å². The molecule has 7 heteroatoms. The molecule has 0 saturated heterocycles. The smallest absolute Gasteiger partial charge is 0.255 e. The van der Waals surface area contributed by atoms with Crippen LogP contribution in [0.2, 0.25) is 0 Å². The minimum atomic E-state index is -0.184. The molecular weight excluding hydrogens is 292 g/mol. The van der Waals surface area contributed by atoms with Crippen molar-refractivity contribution >= 4 is 39.4 Å². The van der Waals surface area contributed by atoms with Crippen LogP contribution >= 0.6 is 27.7 Å². The van der Waals surface area contributed by atoms with Gasteiger partial charge >= 0.3 is 0 Å². The number of nitrogens with zero attached hydrogens (tertiary/aromatic N) is 1. The molecule has 16 heavy (non-hydrogen) atoms. The van der Waals surface area contributed by atoms with Gasteiger partial charge < -0.3 is 10.7 Å². The monoisotopic (exact) mass is 304 g/mol. The number of thioether (sulfide) groups is 1. The van der Waals surface area contributed by atoms with E-state index in [1.54, 1.807) is 24.0 Å². The Labute approximate surface area is 107 Å². The molecule has 0 atom stereocenters. The zero-order chi connectivity index (χ0) is 12.0. The number of halogens is 1. The summed E-state index contributed by atoms with van der Waals surface area (Å²) in [5.74, 6) is 6.34. The Morgan fingerprint density at radius 1 is 1.69 bits per heavy atom. The lowest BCUT2D eigenvalue weighted by atomic mass is 10.2. The summed E-state index contributed by atoms with van der Waals surface area (Å²) >= 11 is 4.93. The number of amides is 1. The van der Waals surface area contributed by atoms with E-state index in [2.05, 4.69) is 31.7 Å². The highest BCUT2D eigenvalue weighted by Crippen LogP contribution is 2.16. The van der Waals surface area contributed by atoms with Crippen molar-refractivity contribution in [1.29, 1.82) is 0 Å². The van der Waals surface area contributed by atoms with E-state index in [1.807, 2.05) is 6.26 Å². The van der Waals surface area contributed by atoms with E-state index in [-0.39, 0.29) is 5.91 Å². The van der Waals surface area contributed by atoms with Gasteiger partial charge in [0.25, 0.3) is 5.91 Å². The second-order valence-electron chi connectivity index (χ2n) is 2.94. The molecule has 0 fully saturated rings. The highest BCUT2D eigenvalue weighted by Gasteiger charge is 2.11. The first-order valence-corrected chi connectivity index (χ1v) is 6.77. The molecule has 0 bridgehead atoms. The van der Waals surface area contributed by atoms with Crippen LogP contribution in [0, 0.1) is 0 Å². The first-order valence-electron chi connectivity index (χ1n) is 4.58. The lowest BCUT2D eigenvalue weighted by Crippen LogP contribution is -2.27. The van der Waals surface area contributed by atoms with E-state index in [9.17, 15) is 4.79 Å². The van der Waals surface area contributed by atoms with Crippen LogP contribution in [-0.2, 0) is 0 Å². The molecule has 0 aromatic carbocycles. The average Bonchev–Trinajstić information content (AvgIpc) is 2.29. The summed E-state index contributed by atoms with van der Waals surface area (Å²) < 4.78 is 0.738. The van der Waals surface area contributed by atoms with E-state index in [0.717, 1.165) is 10.2 Å². The Morgan fingerprint density at radius 2 is 2.44 bits per heavy atom. The van der Waals surface area contributed by atoms with Crippen LogP contribution in [0.5, 0.6) is 0 Å². The second kappa shape index (κ2) is 6.72. The number of hydrogen-bond donors (Lipinski definition) is 3. The number of nitrogens with one attached hydrogen (secondary N) is 2. The standard InChI is InChI=1S/C9H13BrN4OS/c1-16-3-2-12-9(15)7-4-6(10)5-13-8(7)14-11/h4-5H,2-3,11H2,1H3,(H,12,15)(H,13,14). The van der Waals surface area contributed by atoms with Gasteiger partial charge in [-0.3, -0.25) is 4.79 Å². The topological polar surface area (TPSA) is 80.0 Å². The molecule has 1 rings (SSSR count). The van der Waals surface area contributed by atoms with Crippen LogP contribution in [0.1, 0.15) is 10.4 Å². The third kappa shape index (κ3) is 3.66. The van der Waals surface area contributed by atoms with Crippen molar-refractivity contribution in [3.8, 4) is 0 Å². The lowest BCUT2D eigenvalue weighted by Gasteiger charge is -2.08. The highest BCUT2D eigenvalue weighted by molar-refractivity contribution is 9.10. The van der Waals surface area contributed by atoms with Gasteiger partial charge in [-0.1, -0.05) is 0 Å². The molecule has 5 nitrogen and oxygen atoms in total. The number of hydrogen-bond acceptors (Lipinski definition) is 5. The molecule has 0 radical (unpaired) electrons. The number of carbonyl (C=O) groups excluding carboxylic acids is 1. The van der Waals surface area contributed by atoms with E-state index < -0.39 is 0 Å². The van der Waals surface area contributed by atoms with Crippen LogP contribution in [0.15, 0.2) is 16.7 Å². The average molecular weight is 305 g/mol. The molecule has 0 aliphatic carbocycles. The Hall–Kier alpha value is -0.790. The third-order valence-electron chi connectivity index (χ3n) is 1.83. The number of pyridine rings is 1. The molecule has 0 saturated carbocycles. The summed E-state index contributed by atoms with van der Waals surface area (Å²) in [6.07, 6.45) is 3.56. The van der Waals surface area contributed by atoms with Crippen LogP contribution in [-0.4, -0.2) is 29.4 Å². The number of nitrogen functional groups attached to an aromatic ring is 1. The normalized spacial score (nSPS) is 9.94. The maximum Gasteiger partial charge on any atom is 0.255 e. The Bertz CT molecular complexity index is 375. The number of nitrogens with two attached hydrogens (primary N) is 1. The molecule has 1 aromatic rings. The Kier molecular flexibility index (Phi) is 5.58. The first kappa shape index (κ1) is 13.3. The van der Waals surface area contributed by atoms with Crippen LogP contribution in [0.25, 0.3) is 0 Å². The third-order valence-corrected chi connectivity index (χ3v) is 2.87. The highest BCUT2D eigenvalue weighted by atomic mass is 79.9. The minimum absolute atomic E-state index is 0.184. The van der Waals surface area contributed by atoms with Crippen molar-refractivity contribution in [1.82, 2.24) is 10.3 Å². The summed E-state index contributed by atoms with van der Waals surface area (Å²) in [6.45, 7) is 0.622. The van der Waals surface area contributed by atoms with E-state index in [1.165, 1.54) is 0 Å². The van der Waals surface area contributed by atoms with Crippen LogP contribution in [0.3, 0.4) is 0 Å². The van der Waals surface area contributed by atoms with Crippen molar-refractivity contribution in [3.63, 3.8) is 0 Å². The fourth-order valence-corrected chi connectivity index (χ4v) is 1.73. The molecule has 0 spiro atoms. The largest absolute Gasteiger partial charge is 0.351 e. The molecular formula is C9H13BrN4OS. The zero-order valence-electron chi connectivity index (χ0n) is 8.79. The maximum absolute atomic E-state index is 11.8. The quantitative estimate of drug-likeness (QED) is 0.433. The lowest BCUT2D eigenvalue weighted by molar-refractivity contribution is 0.0956. The maximum atomic E-state index is 11.8. The van der Waals surface area contributed by atoms with Crippen molar-refractivity contribution in [3.05, 3.63) is 22.3 Å². The van der Waals surface area contributed by atoms with Gasteiger partial charge in [0.15, 0.2) is 5.82 Å². The summed E-state index contributed by atoms with van der Waals surface area (Å²) in [5, 5.41) is 2.79. The Balaban J connectivity index is 2.76. The minimum Gasteiger partial charge on any atom is -0.351 e. The van der Waals surface area contributed by atoms with Crippen LogP contribution < -0.4 is 16.6 Å². The van der Waals surface area contributed by atoms with Crippen LogP contribution in [0.4, 0.5) is 5.82 Å². The van der Waals surface area contributed by atoms with Gasteiger partial charge in [0.05, 0.1) is 5.56 Å². The van der Waals surface area contributed by atoms with Gasteiger partial charge in [-0.05, 0) is 28.3 Å². The molecule has 0 unspecified atom stereocenters. The van der Waals surface area contributed by atoms with Gasteiger partial charge in [0.1, 0.15) is 0 Å². The molecule has 1 heterocycles. The number of carbonyl (C=O) groups is 1. The van der Waals surface area contributed by atoms with Gasteiger partial charge in [-0.25, -0.2) is 10.8 Å². The predicted octanol–water partition coefficient (Wildman–Crippen LogP) is 1.22. The number of anilines is 1. The molecule has 0 aliphatic heterocycles. The van der Waals surface area contributed by atoms with Gasteiger partial charge in [0.2, 0.25) is 0 Å². The van der Waals surface area contributed by atoms with Crippen molar-refractivity contribution in [2.45, 2.75) is 0 Å². The first-order chi connectivity index (χ1) is 7.69. The van der Waals surface area contributed by atoms with Crippen molar-refractivity contribution in [2.75, 3.05) is 24.0 Å². The fraction of sp³-hybridized carbons (Fsp3) is 0.333. The summed E-state index contributed by atoms with van der Waals surface area (Å²) in [7, 11) is 0. The number of rotatable bonds is 5. The van der Waals surface area contributed by atoms with Gasteiger partial charge in [-0.15, -0.1) is 0 Å². The van der Waals surface area contributed by atoms with Crippen molar-refractivity contribution < 1.29 is 4.79 Å². The zero-order valence-corrected chi connectivity index (χ0v) is 11.2. The fourth-order valence-electron chi connectivity index (χ4n) is 1.09. The van der Waals surface area contributed by atoms with E-state index in [0.29, 0.717) is 17.9 Å². The summed E-state index contributed by atoms with van der Waals surface area (Å²) in [6, 6.07) is 1.68. The van der Waals surface area contributed by atoms with E-state index in [4.69, 9.17) is 5.84 Å². The number of aromatic nitrogens is 1. The second-order valence-corrected chi connectivity index (χ2v) is 4.84. The van der Waals surface area contributed by atoms with Gasteiger partial charge in [0, 0.05) is 23.0 Å². The van der Waals surface area contributed by atoms with Gasteiger partial charge in [-0.2, -0.15) is 11.8 Å². The summed E-state index contributed by atoms with van der Waals surface area (Å²) in [4.78, 5) is 15.8. The molecule has 0 aliphatic rings. The molecule has 1 aromatic heterocycles. The molecule has 88 valence electrons. The number of hydrazine groups is 1.